The van der Waals surface area contributed by atoms with Crippen molar-refractivity contribution in [3.05, 3.63) is 26.9 Å². The van der Waals surface area contributed by atoms with Gasteiger partial charge in [0, 0.05) is 18.5 Å². The number of halogens is 1. The van der Waals surface area contributed by atoms with Crippen LogP contribution in [0.1, 0.15) is 12.8 Å². The molecule has 1 unspecified atom stereocenters. The van der Waals surface area contributed by atoms with E-state index in [0.717, 1.165) is 35.9 Å². The average molecular weight is 444 g/mol. The number of carbonyl (C=O) groups is 1. The van der Waals surface area contributed by atoms with Crippen LogP contribution in [-0.4, -0.2) is 44.6 Å². The molecular formula is C12H14ClN3O5S4. The first kappa shape index (κ1) is 19.0. The Balaban J connectivity index is 1.70. The quantitative estimate of drug-likeness (QED) is 0.661. The summed E-state index contributed by atoms with van der Waals surface area (Å²) in [6.45, 7) is 0. The van der Waals surface area contributed by atoms with Gasteiger partial charge in [0.2, 0.25) is 15.8 Å². The number of rotatable bonds is 7. The maximum absolute atomic E-state index is 12.5. The highest BCUT2D eigenvalue weighted by Gasteiger charge is 2.45. The summed E-state index contributed by atoms with van der Waals surface area (Å²) in [5.41, 5.74) is -0.114. The number of thiophene rings is 1. The monoisotopic (exact) mass is 443 g/mol. The van der Waals surface area contributed by atoms with Crippen LogP contribution in [0.25, 0.3) is 0 Å². The Labute approximate surface area is 158 Å². The fraction of sp³-hybridized carbons (Fsp3) is 0.417. The van der Waals surface area contributed by atoms with E-state index < -0.39 is 30.6 Å². The third-order valence-electron chi connectivity index (χ3n) is 3.63. The highest BCUT2D eigenvalue weighted by Crippen LogP contribution is 2.36. The van der Waals surface area contributed by atoms with Crippen molar-refractivity contribution >= 4 is 66.4 Å². The predicted molar refractivity (Wildman–Crippen MR) is 99.2 cm³/mol. The number of ketones is 1. The average Bonchev–Trinajstić information content (AvgIpc) is 3.21. The number of hydrogen-bond acceptors (Lipinski definition) is 7. The van der Waals surface area contributed by atoms with E-state index in [9.17, 15) is 21.6 Å². The second-order valence-corrected chi connectivity index (χ2v) is 11.8. The molecule has 0 amide bonds. The summed E-state index contributed by atoms with van der Waals surface area (Å²) in [4.78, 5) is 12.4. The second kappa shape index (κ2) is 6.74. The number of sulfonamides is 1. The summed E-state index contributed by atoms with van der Waals surface area (Å²) in [6, 6.07) is 1.39. The van der Waals surface area contributed by atoms with Gasteiger partial charge in [0.05, 0.1) is 5.69 Å². The van der Waals surface area contributed by atoms with Gasteiger partial charge in [-0.2, -0.15) is 8.42 Å². The fourth-order valence-electron chi connectivity index (χ4n) is 2.13. The fourth-order valence-corrected chi connectivity index (χ4v) is 7.27. The van der Waals surface area contributed by atoms with Gasteiger partial charge >= 0.3 is 10.2 Å². The molecule has 13 heteroatoms. The molecule has 8 nitrogen and oxygen atoms in total. The number of thioether (sulfide) groups is 1. The Hall–Kier alpha value is -0.790. The Bertz CT molecular complexity index is 936. The Kier molecular flexibility index (Phi) is 5.12. The summed E-state index contributed by atoms with van der Waals surface area (Å²) in [6.07, 6.45) is 1.53. The molecule has 3 rings (SSSR count). The summed E-state index contributed by atoms with van der Waals surface area (Å²) >= 11 is 7.75. The number of allylic oxidation sites excluding steroid dienone is 1. The molecule has 0 aromatic carbocycles. The number of nitrogens with zero attached hydrogens (tertiary/aromatic N) is 1. The first-order chi connectivity index (χ1) is 11.6. The molecule has 2 N–H and O–H groups in total. The molecule has 1 aliphatic heterocycles. The van der Waals surface area contributed by atoms with Gasteiger partial charge in [0.25, 0.3) is 0 Å². The molecule has 25 heavy (non-hydrogen) atoms. The van der Waals surface area contributed by atoms with E-state index in [1.807, 2.05) is 0 Å². The molecule has 1 aromatic heterocycles. The molecule has 0 saturated heterocycles. The third kappa shape index (κ3) is 3.98. The van der Waals surface area contributed by atoms with Gasteiger partial charge in [-0.3, -0.25) is 14.2 Å². The minimum absolute atomic E-state index is 0.0819. The topological polar surface area (TPSA) is 113 Å². The molecule has 1 aromatic rings. The van der Waals surface area contributed by atoms with Crippen LogP contribution in [0, 0.1) is 0 Å². The molecule has 0 bridgehead atoms. The van der Waals surface area contributed by atoms with Gasteiger partial charge in [-0.25, -0.2) is 12.7 Å². The zero-order valence-electron chi connectivity index (χ0n) is 12.8. The van der Waals surface area contributed by atoms with Crippen LogP contribution in [0.3, 0.4) is 0 Å². The third-order valence-corrected chi connectivity index (χ3v) is 9.53. The molecule has 0 spiro atoms. The van der Waals surface area contributed by atoms with E-state index in [1.165, 1.54) is 22.8 Å². The SMILES string of the molecule is CN(C1CC1)S(=O)(=O)C1SC=C(NS(=O)(=O)Nc2ccsc2Cl)C1=O. The first-order valence-electron chi connectivity index (χ1n) is 7.02. The van der Waals surface area contributed by atoms with Crippen LogP contribution in [-0.2, 0) is 25.0 Å². The number of nitrogens with one attached hydrogen (secondary N) is 2. The second-order valence-electron chi connectivity index (χ2n) is 5.47. The van der Waals surface area contributed by atoms with Crippen LogP contribution < -0.4 is 9.44 Å². The minimum Gasteiger partial charge on any atom is -0.290 e. The van der Waals surface area contributed by atoms with Crippen molar-refractivity contribution in [2.75, 3.05) is 11.8 Å². The summed E-state index contributed by atoms with van der Waals surface area (Å²) in [5, 5.41) is 2.81. The zero-order chi connectivity index (χ0) is 18.4. The van der Waals surface area contributed by atoms with Gasteiger partial charge in [0.1, 0.15) is 10.0 Å². The Morgan fingerprint density at radius 3 is 2.48 bits per heavy atom. The van der Waals surface area contributed by atoms with E-state index in [1.54, 1.807) is 5.38 Å². The van der Waals surface area contributed by atoms with E-state index in [4.69, 9.17) is 11.6 Å². The predicted octanol–water partition coefficient (Wildman–Crippen LogP) is 1.56. The number of Topliss-reactive ketones (excluding diaryl/α,β-unsaturated/α-hetero) is 1. The van der Waals surface area contributed by atoms with Crippen molar-refractivity contribution in [1.29, 1.82) is 0 Å². The largest absolute Gasteiger partial charge is 0.321 e. The smallest absolute Gasteiger partial charge is 0.290 e. The maximum Gasteiger partial charge on any atom is 0.321 e. The van der Waals surface area contributed by atoms with Gasteiger partial charge < -0.3 is 0 Å². The van der Waals surface area contributed by atoms with Crippen molar-refractivity contribution in [1.82, 2.24) is 9.03 Å². The highest BCUT2D eigenvalue weighted by molar-refractivity contribution is 8.16. The molecule has 1 aliphatic carbocycles. The standard InChI is InChI=1S/C12H14ClN3O5S4/c1-16(7-2-3-7)24(18,19)12-10(17)9(6-23-12)15-25(20,21)14-8-4-5-22-11(8)13/h4-7,12,14-15H,2-3H2,1H3. The molecule has 2 heterocycles. The van der Waals surface area contributed by atoms with Crippen LogP contribution in [0.5, 0.6) is 0 Å². The molecule has 1 atom stereocenters. The maximum atomic E-state index is 12.5. The molecular weight excluding hydrogens is 430 g/mol. The lowest BCUT2D eigenvalue weighted by Gasteiger charge is -2.20. The van der Waals surface area contributed by atoms with E-state index in [-0.39, 0.29) is 21.8 Å². The number of hydrogen-bond donors (Lipinski definition) is 2. The van der Waals surface area contributed by atoms with Crippen LogP contribution >= 0.6 is 34.7 Å². The minimum atomic E-state index is -4.13. The molecule has 0 radical (unpaired) electrons. The zero-order valence-corrected chi connectivity index (χ0v) is 16.8. The normalized spacial score (nSPS) is 21.5. The van der Waals surface area contributed by atoms with Crippen molar-refractivity contribution in [2.45, 2.75) is 23.5 Å². The lowest BCUT2D eigenvalue weighted by molar-refractivity contribution is -0.113. The lowest BCUT2D eigenvalue weighted by atomic mass is 10.4. The summed E-state index contributed by atoms with van der Waals surface area (Å²) in [5.74, 6) is -0.792. The highest BCUT2D eigenvalue weighted by atomic mass is 35.5. The van der Waals surface area contributed by atoms with E-state index in [2.05, 4.69) is 9.44 Å². The lowest BCUT2D eigenvalue weighted by Crippen LogP contribution is -2.41. The molecule has 1 fully saturated rings. The van der Waals surface area contributed by atoms with Crippen molar-refractivity contribution in [3.63, 3.8) is 0 Å². The first-order valence-corrected chi connectivity index (χ1v) is 12.2. The van der Waals surface area contributed by atoms with Crippen molar-refractivity contribution in [2.24, 2.45) is 0 Å². The van der Waals surface area contributed by atoms with Gasteiger partial charge in [-0.05, 0) is 24.3 Å². The van der Waals surface area contributed by atoms with Crippen molar-refractivity contribution < 1.29 is 21.6 Å². The van der Waals surface area contributed by atoms with Gasteiger partial charge in [-0.15, -0.1) is 23.1 Å². The van der Waals surface area contributed by atoms with Gasteiger partial charge in [0.15, 0.2) is 4.58 Å². The molecule has 2 aliphatic rings. The summed E-state index contributed by atoms with van der Waals surface area (Å²) in [7, 11) is -6.54. The number of carbonyl (C=O) groups excluding carboxylic acids is 1. The molecule has 1 saturated carbocycles. The van der Waals surface area contributed by atoms with E-state index >= 15 is 0 Å². The van der Waals surface area contributed by atoms with Crippen LogP contribution in [0.4, 0.5) is 5.69 Å². The summed E-state index contributed by atoms with van der Waals surface area (Å²) < 4.78 is 53.5. The Morgan fingerprint density at radius 1 is 1.24 bits per heavy atom. The number of anilines is 1. The van der Waals surface area contributed by atoms with Crippen LogP contribution in [0.15, 0.2) is 22.6 Å². The van der Waals surface area contributed by atoms with Gasteiger partial charge in [-0.1, -0.05) is 11.6 Å². The van der Waals surface area contributed by atoms with Crippen LogP contribution in [0.2, 0.25) is 4.34 Å². The van der Waals surface area contributed by atoms with E-state index in [0.29, 0.717) is 0 Å². The molecule has 138 valence electrons. The Morgan fingerprint density at radius 2 is 1.92 bits per heavy atom. The van der Waals surface area contributed by atoms with Crippen molar-refractivity contribution in [3.8, 4) is 0 Å².